The molecule has 2 N–H and O–H groups in total. The Hall–Kier alpha value is -0.490. The van der Waals surface area contributed by atoms with Crippen LogP contribution in [0.1, 0.15) is 37.9 Å². The van der Waals surface area contributed by atoms with Gasteiger partial charge in [-0.2, -0.15) is 0 Å². The van der Waals surface area contributed by atoms with Gasteiger partial charge in [-0.05, 0) is 33.6 Å². The highest BCUT2D eigenvalue weighted by molar-refractivity contribution is 7.09. The summed E-state index contributed by atoms with van der Waals surface area (Å²) in [5.74, 6) is 0. The zero-order valence-electron chi connectivity index (χ0n) is 14.1. The van der Waals surface area contributed by atoms with Gasteiger partial charge in [0, 0.05) is 35.8 Å². The quantitative estimate of drug-likeness (QED) is 0.927. The Morgan fingerprint density at radius 3 is 2.71 bits per heavy atom. The maximum absolute atomic E-state index is 6.52. The average Bonchev–Trinajstić information content (AvgIpc) is 2.77. The fourth-order valence-electron chi connectivity index (χ4n) is 2.85. The first-order valence-electron chi connectivity index (χ1n) is 7.86. The first-order valence-corrected chi connectivity index (χ1v) is 8.74. The van der Waals surface area contributed by atoms with E-state index in [-0.39, 0.29) is 11.5 Å². The van der Waals surface area contributed by atoms with Gasteiger partial charge in [0.15, 0.2) is 0 Å². The van der Waals surface area contributed by atoms with Crippen LogP contribution >= 0.6 is 11.3 Å². The Morgan fingerprint density at radius 2 is 2.10 bits per heavy atom. The zero-order chi connectivity index (χ0) is 15.6. The number of aromatic nitrogens is 1. The minimum absolute atomic E-state index is 0.123. The number of likely N-dealkylation sites (N-methyl/N-ethyl adjacent to an activating group) is 2. The van der Waals surface area contributed by atoms with Crippen molar-refractivity contribution in [2.75, 3.05) is 33.7 Å². The number of thiazole rings is 1. The van der Waals surface area contributed by atoms with Crippen molar-refractivity contribution in [3.05, 3.63) is 16.1 Å². The molecule has 5 heteroatoms. The van der Waals surface area contributed by atoms with Gasteiger partial charge >= 0.3 is 0 Å². The van der Waals surface area contributed by atoms with Gasteiger partial charge in [-0.25, -0.2) is 4.98 Å². The molecule has 2 unspecified atom stereocenters. The van der Waals surface area contributed by atoms with Crippen LogP contribution in [0.15, 0.2) is 5.38 Å². The predicted octanol–water partition coefficient (Wildman–Crippen LogP) is 1.95. The summed E-state index contributed by atoms with van der Waals surface area (Å²) in [6, 6.07) is 0.564. The lowest BCUT2D eigenvalue weighted by Gasteiger charge is -2.32. The van der Waals surface area contributed by atoms with Gasteiger partial charge in [0.1, 0.15) is 0 Å². The lowest BCUT2D eigenvalue weighted by molar-refractivity contribution is 0.195. The van der Waals surface area contributed by atoms with Gasteiger partial charge in [0.25, 0.3) is 0 Å². The Balaban J connectivity index is 2.02. The molecule has 0 amide bonds. The van der Waals surface area contributed by atoms with Crippen molar-refractivity contribution in [1.82, 2.24) is 14.8 Å². The molecule has 2 rings (SSSR count). The molecule has 1 aromatic heterocycles. The summed E-state index contributed by atoms with van der Waals surface area (Å²) in [7, 11) is 4.39. The van der Waals surface area contributed by atoms with Crippen LogP contribution in [0.4, 0.5) is 0 Å². The third-order valence-electron chi connectivity index (χ3n) is 4.34. The smallest absolute Gasteiger partial charge is 0.0944 e. The number of nitrogens with zero attached hydrogens (tertiary/aromatic N) is 3. The van der Waals surface area contributed by atoms with Crippen molar-refractivity contribution in [2.24, 2.45) is 5.73 Å². The molecule has 0 spiro atoms. The molecular formula is C16H30N4S. The van der Waals surface area contributed by atoms with Gasteiger partial charge in [-0.15, -0.1) is 11.3 Å². The second-order valence-corrected chi connectivity index (χ2v) is 8.35. The second-order valence-electron chi connectivity index (χ2n) is 7.41. The Labute approximate surface area is 133 Å². The fraction of sp³-hybridized carbons (Fsp3) is 0.812. The number of nitrogens with two attached hydrogens (primary N) is 1. The third kappa shape index (κ3) is 4.49. The van der Waals surface area contributed by atoms with Gasteiger partial charge in [-0.1, -0.05) is 20.8 Å². The highest BCUT2D eigenvalue weighted by Crippen LogP contribution is 2.25. The molecule has 1 aliphatic heterocycles. The lowest BCUT2D eigenvalue weighted by Crippen LogP contribution is -2.51. The van der Waals surface area contributed by atoms with Crippen LogP contribution in [0.3, 0.4) is 0 Å². The van der Waals surface area contributed by atoms with E-state index in [4.69, 9.17) is 10.7 Å². The summed E-state index contributed by atoms with van der Waals surface area (Å²) < 4.78 is 0. The molecule has 0 radical (unpaired) electrons. The molecule has 1 aliphatic rings. The SMILES string of the molecule is CN1CCCN(C)C(C(N)Cc2nc(C(C)(C)C)cs2)C1. The number of rotatable bonds is 3. The summed E-state index contributed by atoms with van der Waals surface area (Å²) in [4.78, 5) is 9.61. The van der Waals surface area contributed by atoms with Crippen molar-refractivity contribution < 1.29 is 0 Å². The van der Waals surface area contributed by atoms with E-state index < -0.39 is 0 Å². The van der Waals surface area contributed by atoms with Crippen molar-refractivity contribution in [2.45, 2.75) is 51.1 Å². The number of hydrogen-bond acceptors (Lipinski definition) is 5. The standard InChI is InChI=1S/C16H30N4S/c1-16(2,3)14-11-21-15(18-14)9-12(17)13-10-19(4)7-6-8-20(13)5/h11-13H,6-10,17H2,1-5H3. The molecule has 0 aliphatic carbocycles. The van der Waals surface area contributed by atoms with E-state index in [1.54, 1.807) is 11.3 Å². The molecule has 2 atom stereocenters. The van der Waals surface area contributed by atoms with Crippen LogP contribution in [0.25, 0.3) is 0 Å². The fourth-order valence-corrected chi connectivity index (χ4v) is 3.95. The minimum Gasteiger partial charge on any atom is -0.326 e. The Kier molecular flexibility index (Phi) is 5.41. The molecule has 0 saturated carbocycles. The van der Waals surface area contributed by atoms with Gasteiger partial charge in [0.2, 0.25) is 0 Å². The predicted molar refractivity (Wildman–Crippen MR) is 91.0 cm³/mol. The summed E-state index contributed by atoms with van der Waals surface area (Å²) >= 11 is 1.75. The largest absolute Gasteiger partial charge is 0.326 e. The Bertz CT molecular complexity index is 451. The van der Waals surface area contributed by atoms with Crippen molar-refractivity contribution >= 4 is 11.3 Å². The normalized spacial score (nSPS) is 24.0. The van der Waals surface area contributed by atoms with Crippen molar-refractivity contribution in [3.8, 4) is 0 Å². The second kappa shape index (κ2) is 6.73. The molecule has 120 valence electrons. The lowest BCUT2D eigenvalue weighted by atomic mass is 9.93. The maximum atomic E-state index is 6.52. The van der Waals surface area contributed by atoms with Crippen molar-refractivity contribution in [3.63, 3.8) is 0 Å². The van der Waals surface area contributed by atoms with Crippen LogP contribution < -0.4 is 5.73 Å². The van der Waals surface area contributed by atoms with Gasteiger partial charge < -0.3 is 15.5 Å². The van der Waals surface area contributed by atoms with E-state index in [1.807, 2.05) is 0 Å². The van der Waals surface area contributed by atoms with E-state index >= 15 is 0 Å². The van der Waals surface area contributed by atoms with Crippen LogP contribution in [-0.2, 0) is 11.8 Å². The maximum Gasteiger partial charge on any atom is 0.0944 e. The van der Waals surface area contributed by atoms with Crippen LogP contribution in [0.2, 0.25) is 0 Å². The Morgan fingerprint density at radius 1 is 1.38 bits per heavy atom. The monoisotopic (exact) mass is 310 g/mol. The van der Waals surface area contributed by atoms with E-state index in [2.05, 4.69) is 50.0 Å². The summed E-state index contributed by atoms with van der Waals surface area (Å²) in [6.45, 7) is 9.97. The van der Waals surface area contributed by atoms with E-state index in [0.717, 1.165) is 19.5 Å². The van der Waals surface area contributed by atoms with Crippen LogP contribution in [0.5, 0.6) is 0 Å². The third-order valence-corrected chi connectivity index (χ3v) is 5.21. The number of hydrogen-bond donors (Lipinski definition) is 1. The molecule has 1 fully saturated rings. The van der Waals surface area contributed by atoms with E-state index in [0.29, 0.717) is 6.04 Å². The highest BCUT2D eigenvalue weighted by Gasteiger charge is 2.27. The molecule has 21 heavy (non-hydrogen) atoms. The van der Waals surface area contributed by atoms with Gasteiger partial charge in [-0.3, -0.25) is 0 Å². The summed E-state index contributed by atoms with van der Waals surface area (Å²) in [5, 5.41) is 3.36. The van der Waals surface area contributed by atoms with Crippen molar-refractivity contribution in [1.29, 1.82) is 0 Å². The summed E-state index contributed by atoms with van der Waals surface area (Å²) in [6.07, 6.45) is 2.10. The van der Waals surface area contributed by atoms with E-state index in [9.17, 15) is 0 Å². The highest BCUT2D eigenvalue weighted by atomic mass is 32.1. The first kappa shape index (κ1) is 16.9. The van der Waals surface area contributed by atoms with Crippen LogP contribution in [-0.4, -0.2) is 60.6 Å². The molecular weight excluding hydrogens is 280 g/mol. The van der Waals surface area contributed by atoms with E-state index in [1.165, 1.54) is 23.7 Å². The molecule has 0 aromatic carbocycles. The molecule has 0 bridgehead atoms. The average molecular weight is 311 g/mol. The molecule has 1 aromatic rings. The topological polar surface area (TPSA) is 45.4 Å². The summed E-state index contributed by atoms with van der Waals surface area (Å²) in [5.41, 5.74) is 7.82. The minimum atomic E-state index is 0.123. The van der Waals surface area contributed by atoms with Gasteiger partial charge in [0.05, 0.1) is 10.7 Å². The zero-order valence-corrected chi connectivity index (χ0v) is 14.9. The van der Waals surface area contributed by atoms with Crippen LogP contribution in [0, 0.1) is 0 Å². The molecule has 2 heterocycles. The first-order chi connectivity index (χ1) is 9.77. The molecule has 4 nitrogen and oxygen atoms in total. The molecule has 1 saturated heterocycles.